The Labute approximate surface area is 284 Å². The highest BCUT2D eigenvalue weighted by Crippen LogP contribution is 2.77. The standard InChI is InChI=1S/C35H56O12S/c1-19(2)9-8-13-33(7)34(40)16-15-32(6)20-10-11-23-30(3,4)25(45-28-27(38)26(37)22(18-44-28)47-48(41,42)43)12-14-31(23,5)21(20)17-24(36)35(32,34)29(39)46-33/h17,19-20,22-28,36-38,40H,8-16,18H2,1-7H3,(H,41,42,43)/t20-,22-,23+,24+,25+,26+,27-,28+,31-,32+,33+,34+,35-/m1/s1. The van der Waals surface area contributed by atoms with Crippen molar-refractivity contribution in [1.29, 1.82) is 0 Å². The summed E-state index contributed by atoms with van der Waals surface area (Å²) in [6.07, 6.45) is 0.451. The summed E-state index contributed by atoms with van der Waals surface area (Å²) in [5.74, 6) is 0.0614. The normalized spacial score (nSPS) is 49.9. The number of cyclic esters (lactones) is 1. The van der Waals surface area contributed by atoms with Crippen molar-refractivity contribution < 1.29 is 56.6 Å². The summed E-state index contributed by atoms with van der Waals surface area (Å²) in [6, 6.07) is 0. The minimum Gasteiger partial charge on any atom is -0.456 e. The van der Waals surface area contributed by atoms with Gasteiger partial charge in [0.2, 0.25) is 0 Å². The average molecular weight is 701 g/mol. The molecule has 12 nitrogen and oxygen atoms in total. The lowest BCUT2D eigenvalue weighted by molar-refractivity contribution is -0.300. The maximum Gasteiger partial charge on any atom is 0.397 e. The van der Waals surface area contributed by atoms with Gasteiger partial charge in [0.25, 0.3) is 0 Å². The molecule has 5 fully saturated rings. The molecule has 0 radical (unpaired) electrons. The molecule has 1 spiro atoms. The van der Waals surface area contributed by atoms with Gasteiger partial charge in [-0.05, 0) is 92.3 Å². The Kier molecular flexibility index (Phi) is 8.91. The molecule has 2 saturated heterocycles. The Morgan fingerprint density at radius 3 is 2.33 bits per heavy atom. The number of allylic oxidation sites excluding steroid dienone is 1. The fourth-order valence-corrected chi connectivity index (χ4v) is 12.2. The highest BCUT2D eigenvalue weighted by molar-refractivity contribution is 7.80. The van der Waals surface area contributed by atoms with Crippen LogP contribution in [-0.4, -0.2) is 94.0 Å². The summed E-state index contributed by atoms with van der Waals surface area (Å²) >= 11 is 0. The number of fused-ring (bicyclic) bond motifs is 4. The van der Waals surface area contributed by atoms with E-state index in [0.717, 1.165) is 31.3 Å². The molecule has 6 rings (SSSR count). The van der Waals surface area contributed by atoms with Gasteiger partial charge in [0.1, 0.15) is 34.9 Å². The SMILES string of the molecule is CC(C)CCC[C@]1(C)OC(=O)[C@]23[C@@H](O)C=C4[C@@H](CC[C@H]5C(C)(C)[C@@H](O[C@@H]6OC[C@@H](OS(=O)(=O)O)[C@H](O)[C@H]6O)CC[C@]45C)[C@]2(C)CC[C@@]31O. The van der Waals surface area contributed by atoms with Gasteiger partial charge in [-0.15, -0.1) is 0 Å². The lowest BCUT2D eigenvalue weighted by atomic mass is 9.40. The van der Waals surface area contributed by atoms with Crippen LogP contribution in [0, 0.1) is 39.4 Å². The fraction of sp³-hybridized carbons (Fsp3) is 0.914. The van der Waals surface area contributed by atoms with Crippen molar-refractivity contribution in [2.45, 2.75) is 154 Å². The molecule has 0 aromatic carbocycles. The molecule has 0 aromatic heterocycles. The number of hydrogen-bond donors (Lipinski definition) is 5. The molecular formula is C35H56O12S. The van der Waals surface area contributed by atoms with E-state index in [2.05, 4.69) is 45.7 Å². The second kappa shape index (κ2) is 11.7. The molecule has 48 heavy (non-hydrogen) atoms. The summed E-state index contributed by atoms with van der Waals surface area (Å²) in [5, 5.41) is 46.1. The molecule has 2 aliphatic heterocycles. The summed E-state index contributed by atoms with van der Waals surface area (Å²) < 4.78 is 54.0. The predicted octanol–water partition coefficient (Wildman–Crippen LogP) is 3.45. The Bertz CT molecular complexity index is 1430. The maximum absolute atomic E-state index is 14.2. The van der Waals surface area contributed by atoms with E-state index in [1.54, 1.807) is 0 Å². The van der Waals surface area contributed by atoms with Gasteiger partial charge in [0, 0.05) is 0 Å². The van der Waals surface area contributed by atoms with Crippen molar-refractivity contribution >= 4 is 16.4 Å². The molecule has 13 atom stereocenters. The van der Waals surface area contributed by atoms with Crippen LogP contribution >= 0.6 is 0 Å². The van der Waals surface area contributed by atoms with Crippen molar-refractivity contribution in [3.05, 3.63) is 11.6 Å². The van der Waals surface area contributed by atoms with Crippen LogP contribution in [0.2, 0.25) is 0 Å². The molecule has 274 valence electrons. The molecule has 5 N–H and O–H groups in total. The first-order chi connectivity index (χ1) is 22.1. The van der Waals surface area contributed by atoms with Crippen LogP contribution in [0.15, 0.2) is 11.6 Å². The molecule has 0 unspecified atom stereocenters. The number of aliphatic hydroxyl groups is 4. The van der Waals surface area contributed by atoms with Crippen molar-refractivity contribution in [2.75, 3.05) is 6.61 Å². The maximum atomic E-state index is 14.2. The van der Waals surface area contributed by atoms with Gasteiger partial charge in [0.05, 0.1) is 18.8 Å². The predicted molar refractivity (Wildman–Crippen MR) is 172 cm³/mol. The van der Waals surface area contributed by atoms with Gasteiger partial charge in [-0.25, -0.2) is 4.18 Å². The van der Waals surface area contributed by atoms with Crippen LogP contribution in [0.25, 0.3) is 0 Å². The molecule has 6 aliphatic rings. The van der Waals surface area contributed by atoms with E-state index in [9.17, 15) is 33.6 Å². The highest BCUT2D eigenvalue weighted by atomic mass is 32.3. The van der Waals surface area contributed by atoms with E-state index in [0.29, 0.717) is 38.0 Å². The second-order valence-corrected chi connectivity index (χ2v) is 18.4. The zero-order chi connectivity index (χ0) is 35.5. The molecule has 0 aromatic rings. The lowest BCUT2D eigenvalue weighted by Gasteiger charge is -2.64. The van der Waals surface area contributed by atoms with E-state index in [1.165, 1.54) is 0 Å². The number of hydrogen-bond acceptors (Lipinski definition) is 11. The van der Waals surface area contributed by atoms with Crippen LogP contribution in [0.3, 0.4) is 0 Å². The Hall–Kier alpha value is -1.16. The average Bonchev–Trinajstić information content (AvgIpc) is 3.33. The summed E-state index contributed by atoms with van der Waals surface area (Å²) in [7, 11) is -4.87. The third kappa shape index (κ3) is 4.96. The monoisotopic (exact) mass is 700 g/mol. The number of carbonyl (C=O) groups is 1. The molecule has 0 bridgehead atoms. The van der Waals surface area contributed by atoms with Gasteiger partial charge in [-0.3, -0.25) is 9.35 Å². The number of ether oxygens (including phenoxy) is 3. The van der Waals surface area contributed by atoms with Gasteiger partial charge in [-0.2, -0.15) is 8.42 Å². The van der Waals surface area contributed by atoms with E-state index in [-0.39, 0.29) is 23.4 Å². The molecule has 0 amide bonds. The van der Waals surface area contributed by atoms with Gasteiger partial charge in [0.15, 0.2) is 6.29 Å². The fourth-order valence-electron chi connectivity index (χ4n) is 11.8. The summed E-state index contributed by atoms with van der Waals surface area (Å²) in [6.45, 7) is 14.3. The number of aliphatic hydroxyl groups excluding tert-OH is 3. The first kappa shape index (κ1) is 36.6. The minimum absolute atomic E-state index is 0.0339. The Morgan fingerprint density at radius 1 is 1.00 bits per heavy atom. The largest absolute Gasteiger partial charge is 0.456 e. The Balaban J connectivity index is 1.26. The van der Waals surface area contributed by atoms with Crippen LogP contribution in [0.1, 0.15) is 106 Å². The summed E-state index contributed by atoms with van der Waals surface area (Å²) in [4.78, 5) is 14.2. The van der Waals surface area contributed by atoms with Gasteiger partial charge < -0.3 is 34.6 Å². The van der Waals surface area contributed by atoms with Crippen molar-refractivity contribution in [3.8, 4) is 0 Å². The van der Waals surface area contributed by atoms with Crippen molar-refractivity contribution in [1.82, 2.24) is 0 Å². The second-order valence-electron chi connectivity index (χ2n) is 17.4. The molecular weight excluding hydrogens is 644 g/mol. The van der Waals surface area contributed by atoms with Crippen LogP contribution < -0.4 is 0 Å². The Morgan fingerprint density at radius 2 is 1.69 bits per heavy atom. The topological polar surface area (TPSA) is 189 Å². The quantitative estimate of drug-likeness (QED) is 0.108. The number of esters is 1. The van der Waals surface area contributed by atoms with Crippen LogP contribution in [0.5, 0.6) is 0 Å². The molecule has 3 saturated carbocycles. The van der Waals surface area contributed by atoms with Gasteiger partial charge in [-0.1, -0.05) is 59.6 Å². The van der Waals surface area contributed by atoms with E-state index in [4.69, 9.17) is 18.8 Å². The summed E-state index contributed by atoms with van der Waals surface area (Å²) in [5.41, 5.74) is -4.41. The molecule has 13 heteroatoms. The highest BCUT2D eigenvalue weighted by Gasteiger charge is 2.85. The van der Waals surface area contributed by atoms with E-state index >= 15 is 0 Å². The van der Waals surface area contributed by atoms with Crippen LogP contribution in [0.4, 0.5) is 0 Å². The van der Waals surface area contributed by atoms with E-state index in [1.807, 2.05) is 13.0 Å². The third-order valence-electron chi connectivity index (χ3n) is 14.2. The zero-order valence-corrected chi connectivity index (χ0v) is 30.2. The first-order valence-electron chi connectivity index (χ1n) is 17.7. The number of rotatable bonds is 8. The van der Waals surface area contributed by atoms with Crippen LogP contribution in [-0.2, 0) is 33.6 Å². The molecule has 2 heterocycles. The van der Waals surface area contributed by atoms with Crippen molar-refractivity contribution in [2.24, 2.45) is 39.4 Å². The van der Waals surface area contributed by atoms with Crippen molar-refractivity contribution in [3.63, 3.8) is 0 Å². The molecule has 4 aliphatic carbocycles. The lowest BCUT2D eigenvalue weighted by Crippen LogP contribution is -2.68. The zero-order valence-electron chi connectivity index (χ0n) is 29.3. The van der Waals surface area contributed by atoms with E-state index < -0.39 is 81.1 Å². The minimum atomic E-state index is -4.87. The first-order valence-corrected chi connectivity index (χ1v) is 19.1. The number of carbonyl (C=O) groups excluding carboxylic acids is 1. The third-order valence-corrected chi connectivity index (χ3v) is 14.7. The smallest absolute Gasteiger partial charge is 0.397 e. The van der Waals surface area contributed by atoms with Gasteiger partial charge >= 0.3 is 16.4 Å².